The van der Waals surface area contributed by atoms with Crippen molar-refractivity contribution in [3.05, 3.63) is 112 Å². The van der Waals surface area contributed by atoms with E-state index in [4.69, 9.17) is 11.6 Å². The molecule has 0 aliphatic heterocycles. The Bertz CT molecular complexity index is 2040. The molecule has 0 unspecified atom stereocenters. The zero-order valence-electron chi connectivity index (χ0n) is 22.6. The second-order valence-corrected chi connectivity index (χ2v) is 15.2. The van der Waals surface area contributed by atoms with Crippen molar-refractivity contribution in [2.24, 2.45) is 0 Å². The standard InChI is InChI=1S/C18H15ClN6O2S2.C8H6BrN3O2S2/c19-14-3-1-13(2-4-14)11-25-12-16(10-22-25)23-15-5-6-17(21-9-15)29(26,27)24-18-20-7-8-28-18;9-6-1-2-7(11-5-6)16(13,14)12-8-10-3-4-15-8/h1-10,12,23H,11H2,(H,20,24);1-5H,(H,10,12). The number of pyridine rings is 2. The highest BCUT2D eigenvalue weighted by atomic mass is 79.9. The number of halogens is 2. The summed E-state index contributed by atoms with van der Waals surface area (Å²) >= 11 is 11.5. The summed E-state index contributed by atoms with van der Waals surface area (Å²) in [5, 5.41) is 12.0. The second kappa shape index (κ2) is 14.4. The summed E-state index contributed by atoms with van der Waals surface area (Å²) < 4.78 is 55.4. The van der Waals surface area contributed by atoms with Crippen molar-refractivity contribution in [2.45, 2.75) is 16.6 Å². The molecule has 1 aromatic carbocycles. The molecule has 0 atom stereocenters. The minimum Gasteiger partial charge on any atom is -0.352 e. The molecule has 0 aliphatic carbocycles. The molecule has 13 nitrogen and oxygen atoms in total. The average molecular weight is 767 g/mol. The van der Waals surface area contributed by atoms with Crippen LogP contribution >= 0.6 is 50.2 Å². The van der Waals surface area contributed by atoms with E-state index >= 15 is 0 Å². The van der Waals surface area contributed by atoms with E-state index in [1.54, 1.807) is 33.8 Å². The van der Waals surface area contributed by atoms with Crippen molar-refractivity contribution in [2.75, 3.05) is 14.8 Å². The van der Waals surface area contributed by atoms with Crippen LogP contribution in [-0.2, 0) is 26.6 Å². The monoisotopic (exact) mass is 765 g/mol. The van der Waals surface area contributed by atoms with Gasteiger partial charge in [0.25, 0.3) is 20.0 Å². The van der Waals surface area contributed by atoms with Gasteiger partial charge in [0, 0.05) is 45.0 Å². The first-order valence-corrected chi connectivity index (χ1v) is 18.4. The molecule has 0 amide bonds. The first-order chi connectivity index (χ1) is 21.6. The second-order valence-electron chi connectivity index (χ2n) is 8.76. The van der Waals surface area contributed by atoms with Gasteiger partial charge >= 0.3 is 0 Å². The Labute approximate surface area is 279 Å². The van der Waals surface area contributed by atoms with Gasteiger partial charge in [-0.3, -0.25) is 14.1 Å². The van der Waals surface area contributed by atoms with Crippen LogP contribution < -0.4 is 14.8 Å². The third kappa shape index (κ3) is 9.28. The van der Waals surface area contributed by atoms with Crippen molar-refractivity contribution < 1.29 is 16.8 Å². The number of rotatable bonds is 10. The van der Waals surface area contributed by atoms with E-state index < -0.39 is 20.0 Å². The molecule has 0 aliphatic rings. The maximum absolute atomic E-state index is 12.3. The van der Waals surface area contributed by atoms with Crippen LogP contribution in [0.25, 0.3) is 0 Å². The predicted molar refractivity (Wildman–Crippen MR) is 178 cm³/mol. The average Bonchev–Trinajstić information content (AvgIpc) is 3.80. The summed E-state index contributed by atoms with van der Waals surface area (Å²) in [6.07, 6.45) is 9.46. The molecule has 0 spiro atoms. The summed E-state index contributed by atoms with van der Waals surface area (Å²) in [4.78, 5) is 15.6. The lowest BCUT2D eigenvalue weighted by molar-refractivity contribution is 0.596. The normalized spacial score (nSPS) is 11.3. The van der Waals surface area contributed by atoms with Gasteiger partial charge in [-0.05, 0) is 57.9 Å². The fourth-order valence-corrected chi connectivity index (χ4v) is 7.27. The highest BCUT2D eigenvalue weighted by Crippen LogP contribution is 2.21. The van der Waals surface area contributed by atoms with Crippen LogP contribution in [-0.4, -0.2) is 46.6 Å². The van der Waals surface area contributed by atoms with E-state index in [0.29, 0.717) is 27.5 Å². The molecule has 19 heteroatoms. The van der Waals surface area contributed by atoms with E-state index in [0.717, 1.165) is 15.7 Å². The number of nitrogens with zero attached hydrogens (tertiary/aromatic N) is 6. The smallest absolute Gasteiger partial charge is 0.281 e. The van der Waals surface area contributed by atoms with Crippen molar-refractivity contribution in [1.29, 1.82) is 0 Å². The topological polar surface area (TPSA) is 174 Å². The van der Waals surface area contributed by atoms with Gasteiger partial charge < -0.3 is 5.32 Å². The lowest BCUT2D eigenvalue weighted by Gasteiger charge is -2.06. The van der Waals surface area contributed by atoms with Crippen LogP contribution in [0.3, 0.4) is 0 Å². The number of hydrogen-bond acceptors (Lipinski definition) is 12. The van der Waals surface area contributed by atoms with E-state index in [-0.39, 0.29) is 10.1 Å². The first-order valence-electron chi connectivity index (χ1n) is 12.5. The third-order valence-electron chi connectivity index (χ3n) is 5.47. The number of nitrogens with one attached hydrogen (secondary N) is 3. The highest BCUT2D eigenvalue weighted by Gasteiger charge is 2.18. The Morgan fingerprint density at radius 1 is 0.733 bits per heavy atom. The van der Waals surface area contributed by atoms with Gasteiger partial charge in [-0.2, -0.15) is 21.9 Å². The zero-order valence-corrected chi connectivity index (χ0v) is 28.3. The van der Waals surface area contributed by atoms with Gasteiger partial charge in [0.05, 0.1) is 30.3 Å². The molecular formula is C26H21BrClN9O4S4. The minimum absolute atomic E-state index is 0.0362. The molecule has 0 bridgehead atoms. The molecule has 0 saturated carbocycles. The van der Waals surface area contributed by atoms with E-state index in [1.165, 1.54) is 59.6 Å². The van der Waals surface area contributed by atoms with E-state index in [9.17, 15) is 16.8 Å². The molecule has 0 radical (unpaired) electrons. The first kappa shape index (κ1) is 32.5. The number of anilines is 4. The maximum Gasteiger partial charge on any atom is 0.281 e. The third-order valence-corrected chi connectivity index (χ3v) is 10.3. The van der Waals surface area contributed by atoms with Crippen LogP contribution in [0.15, 0.2) is 111 Å². The molecular weight excluding hydrogens is 746 g/mol. The molecule has 5 heterocycles. The fraction of sp³-hybridized carbons (Fsp3) is 0.0385. The van der Waals surface area contributed by atoms with Crippen molar-refractivity contribution in [1.82, 2.24) is 29.7 Å². The Balaban J connectivity index is 0.000000211. The van der Waals surface area contributed by atoms with Crippen LogP contribution in [0.4, 0.5) is 21.6 Å². The Morgan fingerprint density at radius 3 is 1.84 bits per heavy atom. The Hall–Kier alpha value is -3.94. The molecule has 6 aromatic rings. The maximum atomic E-state index is 12.3. The molecule has 0 saturated heterocycles. The van der Waals surface area contributed by atoms with Crippen molar-refractivity contribution in [3.8, 4) is 0 Å². The van der Waals surface area contributed by atoms with Crippen molar-refractivity contribution in [3.63, 3.8) is 0 Å². The number of sulfonamides is 2. The van der Waals surface area contributed by atoms with Crippen LogP contribution in [0.2, 0.25) is 5.02 Å². The number of aromatic nitrogens is 6. The zero-order chi connectivity index (χ0) is 31.9. The molecule has 6 rings (SSSR count). The van der Waals surface area contributed by atoms with Gasteiger partial charge in [0.2, 0.25) is 0 Å². The van der Waals surface area contributed by atoms with Crippen LogP contribution in [0, 0.1) is 0 Å². The minimum atomic E-state index is -3.77. The van der Waals surface area contributed by atoms with Crippen LogP contribution in [0.1, 0.15) is 5.56 Å². The summed E-state index contributed by atoms with van der Waals surface area (Å²) in [6.45, 7) is 0.608. The van der Waals surface area contributed by atoms with Gasteiger partial charge in [-0.25, -0.2) is 19.9 Å². The number of hydrogen-bond donors (Lipinski definition) is 3. The molecule has 45 heavy (non-hydrogen) atoms. The van der Waals surface area contributed by atoms with Crippen LogP contribution in [0.5, 0.6) is 0 Å². The lowest BCUT2D eigenvalue weighted by atomic mass is 10.2. The van der Waals surface area contributed by atoms with Crippen molar-refractivity contribution >= 4 is 91.9 Å². The Morgan fingerprint density at radius 2 is 1.33 bits per heavy atom. The quantitative estimate of drug-likeness (QED) is 0.148. The van der Waals surface area contributed by atoms with Gasteiger partial charge in [0.1, 0.15) is 0 Å². The highest BCUT2D eigenvalue weighted by molar-refractivity contribution is 9.10. The van der Waals surface area contributed by atoms with Gasteiger partial charge in [-0.1, -0.05) is 23.7 Å². The summed E-state index contributed by atoms with van der Waals surface area (Å²) in [6, 6.07) is 13.7. The number of thiazole rings is 2. The van der Waals surface area contributed by atoms with Gasteiger partial charge in [0.15, 0.2) is 20.3 Å². The summed E-state index contributed by atoms with van der Waals surface area (Å²) in [5.74, 6) is 0. The molecule has 5 aromatic heterocycles. The van der Waals surface area contributed by atoms with Gasteiger partial charge in [-0.15, -0.1) is 22.7 Å². The molecule has 232 valence electrons. The van der Waals surface area contributed by atoms with E-state index in [1.807, 2.05) is 30.5 Å². The molecule has 3 N–H and O–H groups in total. The molecule has 0 fully saturated rings. The predicted octanol–water partition coefficient (Wildman–Crippen LogP) is 6.08. The lowest BCUT2D eigenvalue weighted by Crippen LogP contribution is -2.14. The summed E-state index contributed by atoms with van der Waals surface area (Å²) in [5.41, 5.74) is 2.48. The largest absolute Gasteiger partial charge is 0.352 e. The summed E-state index contributed by atoms with van der Waals surface area (Å²) in [7, 11) is -7.41. The fourth-order valence-electron chi connectivity index (χ4n) is 3.47. The van der Waals surface area contributed by atoms with E-state index in [2.05, 4.69) is 55.7 Å². The number of benzene rings is 1. The Kier molecular flexibility index (Phi) is 10.4. The SMILES string of the molecule is O=S(=O)(Nc1nccs1)c1ccc(Br)cn1.O=S(=O)(Nc1nccs1)c1ccc(Nc2cnn(Cc3ccc(Cl)cc3)c2)cn1.